The van der Waals surface area contributed by atoms with Gasteiger partial charge in [0.1, 0.15) is 5.69 Å². The highest BCUT2D eigenvalue weighted by Gasteiger charge is 2.35. The number of H-pyrrole nitrogens is 1. The number of hydrogen-bond acceptors (Lipinski definition) is 4. The number of hydrogen-bond donors (Lipinski definition) is 2. The summed E-state index contributed by atoms with van der Waals surface area (Å²) in [5, 5.41) is 2.78. The first-order valence-electron chi connectivity index (χ1n) is 9.05. The summed E-state index contributed by atoms with van der Waals surface area (Å²) in [6.07, 6.45) is 0.0109. The van der Waals surface area contributed by atoms with E-state index in [1.54, 1.807) is 13.0 Å². The third kappa shape index (κ3) is 4.37. The number of aromatic amines is 1. The molecular formula is C20H23F2N3O3. The molecule has 1 aliphatic carbocycles. The molecule has 0 atom stereocenters. The number of ketones is 1. The Morgan fingerprint density at radius 2 is 2.14 bits per heavy atom. The molecule has 0 fully saturated rings. The van der Waals surface area contributed by atoms with Gasteiger partial charge in [-0.25, -0.2) is 13.8 Å². The molecule has 0 saturated carbocycles. The first-order chi connectivity index (χ1) is 13.2. The topological polar surface area (TPSA) is 84.1 Å². The van der Waals surface area contributed by atoms with Crippen LogP contribution in [0, 0.1) is 12.3 Å². The third-order valence-corrected chi connectivity index (χ3v) is 4.74. The molecule has 6 nitrogen and oxygen atoms in total. The minimum atomic E-state index is -2.58. The second kappa shape index (κ2) is 7.69. The van der Waals surface area contributed by atoms with Gasteiger partial charge in [0.2, 0.25) is 5.88 Å². The molecule has 28 heavy (non-hydrogen) atoms. The van der Waals surface area contributed by atoms with Crippen molar-refractivity contribution in [3.8, 4) is 5.88 Å². The van der Waals surface area contributed by atoms with Gasteiger partial charge in [-0.2, -0.15) is 0 Å². The quantitative estimate of drug-likeness (QED) is 0.790. The number of ether oxygens (including phenoxy) is 1. The van der Waals surface area contributed by atoms with Gasteiger partial charge < -0.3 is 15.0 Å². The van der Waals surface area contributed by atoms with Gasteiger partial charge >= 0.3 is 0 Å². The average molecular weight is 391 g/mol. The van der Waals surface area contributed by atoms with Crippen molar-refractivity contribution in [3.05, 3.63) is 46.4 Å². The van der Waals surface area contributed by atoms with Crippen LogP contribution in [0.2, 0.25) is 0 Å². The number of aromatic nitrogens is 2. The highest BCUT2D eigenvalue weighted by molar-refractivity contribution is 6.04. The summed E-state index contributed by atoms with van der Waals surface area (Å²) >= 11 is 0. The lowest BCUT2D eigenvalue weighted by Gasteiger charge is -2.28. The van der Waals surface area contributed by atoms with E-state index in [2.05, 4.69) is 15.3 Å². The minimum absolute atomic E-state index is 0.0500. The second-order valence-electron chi connectivity index (χ2n) is 7.81. The number of nitrogens with one attached hydrogen (secondary N) is 2. The number of rotatable bonds is 6. The molecule has 0 unspecified atom stereocenters. The molecule has 0 spiro atoms. The Labute approximate surface area is 161 Å². The zero-order valence-corrected chi connectivity index (χ0v) is 16.1. The molecule has 150 valence electrons. The van der Waals surface area contributed by atoms with Crippen molar-refractivity contribution >= 4 is 11.7 Å². The van der Waals surface area contributed by atoms with Crippen molar-refractivity contribution in [2.45, 2.75) is 46.6 Å². The van der Waals surface area contributed by atoms with E-state index >= 15 is 0 Å². The van der Waals surface area contributed by atoms with Crippen LogP contribution in [-0.2, 0) is 13.0 Å². The van der Waals surface area contributed by atoms with Crippen molar-refractivity contribution in [2.24, 2.45) is 5.41 Å². The maximum atomic E-state index is 12.6. The maximum Gasteiger partial charge on any atom is 0.272 e. The molecule has 2 aromatic rings. The lowest BCUT2D eigenvalue weighted by molar-refractivity contribution is 0.0795. The van der Waals surface area contributed by atoms with Crippen LogP contribution in [0.25, 0.3) is 0 Å². The molecule has 2 heterocycles. The predicted octanol–water partition coefficient (Wildman–Crippen LogP) is 3.45. The van der Waals surface area contributed by atoms with E-state index in [-0.39, 0.29) is 29.5 Å². The van der Waals surface area contributed by atoms with Crippen LogP contribution < -0.4 is 10.1 Å². The molecule has 2 aromatic heterocycles. The SMILES string of the molecule is Cc1c(C(=O)NCc2ccnc(OCC(F)F)c2)[nH]c2c1C(=O)CC(C)(C)C2. The second-order valence-corrected chi connectivity index (χ2v) is 7.81. The number of amides is 1. The number of nitrogens with zero attached hydrogens (tertiary/aromatic N) is 1. The molecule has 0 aromatic carbocycles. The third-order valence-electron chi connectivity index (χ3n) is 4.74. The van der Waals surface area contributed by atoms with Crippen LogP contribution in [0.3, 0.4) is 0 Å². The Morgan fingerprint density at radius 1 is 1.39 bits per heavy atom. The van der Waals surface area contributed by atoms with Gasteiger partial charge in [-0.05, 0) is 36.0 Å². The van der Waals surface area contributed by atoms with Gasteiger partial charge in [0, 0.05) is 36.5 Å². The van der Waals surface area contributed by atoms with Gasteiger partial charge in [-0.15, -0.1) is 0 Å². The fourth-order valence-electron chi connectivity index (χ4n) is 3.52. The molecular weight excluding hydrogens is 368 g/mol. The predicted molar refractivity (Wildman–Crippen MR) is 98.9 cm³/mol. The van der Waals surface area contributed by atoms with Crippen LogP contribution >= 0.6 is 0 Å². The first-order valence-corrected chi connectivity index (χ1v) is 9.05. The number of halogens is 2. The van der Waals surface area contributed by atoms with E-state index in [9.17, 15) is 18.4 Å². The summed E-state index contributed by atoms with van der Waals surface area (Å²) in [7, 11) is 0. The number of carbonyl (C=O) groups is 2. The van der Waals surface area contributed by atoms with Crippen LogP contribution in [-0.4, -0.2) is 34.7 Å². The van der Waals surface area contributed by atoms with Gasteiger partial charge in [0.05, 0.1) is 0 Å². The van der Waals surface area contributed by atoms with Crippen molar-refractivity contribution in [3.63, 3.8) is 0 Å². The smallest absolute Gasteiger partial charge is 0.272 e. The van der Waals surface area contributed by atoms with Gasteiger partial charge in [0.15, 0.2) is 12.4 Å². The molecule has 0 bridgehead atoms. The Bertz CT molecular complexity index is 906. The normalized spacial score (nSPS) is 15.4. The molecule has 1 aliphatic rings. The lowest BCUT2D eigenvalue weighted by Crippen LogP contribution is -2.26. The number of fused-ring (bicyclic) bond motifs is 1. The zero-order valence-electron chi connectivity index (χ0n) is 16.1. The van der Waals surface area contributed by atoms with E-state index in [4.69, 9.17) is 4.74 Å². The van der Waals surface area contributed by atoms with Gasteiger partial charge in [0.25, 0.3) is 12.3 Å². The summed E-state index contributed by atoms with van der Waals surface area (Å²) in [5.74, 6) is -0.204. The number of carbonyl (C=O) groups excluding carboxylic acids is 2. The Hall–Kier alpha value is -2.77. The average Bonchev–Trinajstić information content (AvgIpc) is 2.93. The monoisotopic (exact) mass is 391 g/mol. The zero-order chi connectivity index (χ0) is 20.5. The number of Topliss-reactive ketones (excluding diaryl/α,β-unsaturated/α-hetero) is 1. The van der Waals surface area contributed by atoms with E-state index in [0.717, 1.165) is 5.69 Å². The van der Waals surface area contributed by atoms with Crippen LogP contribution in [0.1, 0.15) is 57.9 Å². The lowest BCUT2D eigenvalue weighted by atomic mass is 9.75. The van der Waals surface area contributed by atoms with E-state index in [0.29, 0.717) is 35.2 Å². The molecule has 8 heteroatoms. The van der Waals surface area contributed by atoms with Crippen LogP contribution in [0.5, 0.6) is 5.88 Å². The largest absolute Gasteiger partial charge is 0.472 e. The Balaban J connectivity index is 1.70. The molecule has 2 N–H and O–H groups in total. The number of alkyl halides is 2. The van der Waals surface area contributed by atoms with Crippen LogP contribution in [0.4, 0.5) is 8.78 Å². The van der Waals surface area contributed by atoms with Crippen molar-refractivity contribution < 1.29 is 23.1 Å². The standard InChI is InChI=1S/C20H23F2N3O3/c1-11-17-13(7-20(2,3)8-14(17)26)25-18(11)19(27)24-9-12-4-5-23-16(6-12)28-10-15(21)22/h4-6,15,25H,7-10H2,1-3H3,(H,24,27). The van der Waals surface area contributed by atoms with Crippen molar-refractivity contribution in [2.75, 3.05) is 6.61 Å². The molecule has 3 rings (SSSR count). The minimum Gasteiger partial charge on any atom is -0.472 e. The Morgan fingerprint density at radius 3 is 2.86 bits per heavy atom. The summed E-state index contributed by atoms with van der Waals surface area (Å²) in [5.41, 5.74) is 2.98. The maximum absolute atomic E-state index is 12.6. The Kier molecular flexibility index (Phi) is 5.49. The van der Waals surface area contributed by atoms with E-state index in [1.807, 2.05) is 13.8 Å². The fourth-order valence-corrected chi connectivity index (χ4v) is 3.52. The summed E-state index contributed by atoms with van der Waals surface area (Å²) in [6.45, 7) is 5.26. The van der Waals surface area contributed by atoms with Crippen molar-refractivity contribution in [1.82, 2.24) is 15.3 Å². The molecule has 0 radical (unpaired) electrons. The molecule has 0 aliphatic heterocycles. The summed E-state index contributed by atoms with van der Waals surface area (Å²) < 4.78 is 29.4. The van der Waals surface area contributed by atoms with E-state index < -0.39 is 13.0 Å². The first kappa shape index (κ1) is 20.0. The summed E-state index contributed by atoms with van der Waals surface area (Å²) in [6, 6.07) is 3.16. The summed E-state index contributed by atoms with van der Waals surface area (Å²) in [4.78, 5) is 32.1. The van der Waals surface area contributed by atoms with Gasteiger partial charge in [-0.3, -0.25) is 9.59 Å². The van der Waals surface area contributed by atoms with E-state index in [1.165, 1.54) is 12.3 Å². The molecule has 1 amide bonds. The fraction of sp³-hybridized carbons (Fsp3) is 0.450. The van der Waals surface area contributed by atoms with Gasteiger partial charge in [-0.1, -0.05) is 13.8 Å². The van der Waals surface area contributed by atoms with Crippen molar-refractivity contribution in [1.29, 1.82) is 0 Å². The van der Waals surface area contributed by atoms with Crippen LogP contribution in [0.15, 0.2) is 18.3 Å². The molecule has 0 saturated heterocycles. The highest BCUT2D eigenvalue weighted by atomic mass is 19.3. The highest BCUT2D eigenvalue weighted by Crippen LogP contribution is 2.36. The number of pyridine rings is 1.